The zero-order chi connectivity index (χ0) is 13.7. The van der Waals surface area contributed by atoms with Gasteiger partial charge < -0.3 is 4.74 Å². The SMILES string of the molecule is CCOc1ccccc1C(NN)C1SCCSC1C. The standard InChI is InChI=1S/C14H22N2OS2/c1-3-17-12-7-5-4-6-11(12)13(16-15)14-10(2)18-8-9-19-14/h4-7,10,13-14,16H,3,8-9,15H2,1-2H3. The molecule has 0 saturated carbocycles. The Morgan fingerprint density at radius 1 is 1.37 bits per heavy atom. The summed E-state index contributed by atoms with van der Waals surface area (Å²) in [6.45, 7) is 4.97. The van der Waals surface area contributed by atoms with Crippen LogP contribution >= 0.6 is 23.5 Å². The molecular formula is C14H22N2OS2. The van der Waals surface area contributed by atoms with Crippen LogP contribution in [0.4, 0.5) is 0 Å². The van der Waals surface area contributed by atoms with Gasteiger partial charge in [0.2, 0.25) is 0 Å². The zero-order valence-corrected chi connectivity index (χ0v) is 13.1. The number of para-hydroxylation sites is 1. The summed E-state index contributed by atoms with van der Waals surface area (Å²) < 4.78 is 5.73. The first-order valence-corrected chi connectivity index (χ1v) is 8.78. The van der Waals surface area contributed by atoms with Gasteiger partial charge in [-0.1, -0.05) is 25.1 Å². The number of hydrogen-bond acceptors (Lipinski definition) is 5. The minimum absolute atomic E-state index is 0.135. The van der Waals surface area contributed by atoms with Crippen molar-refractivity contribution in [2.75, 3.05) is 18.1 Å². The van der Waals surface area contributed by atoms with Gasteiger partial charge >= 0.3 is 0 Å². The van der Waals surface area contributed by atoms with Crippen LogP contribution in [-0.4, -0.2) is 28.6 Å². The molecule has 1 heterocycles. The molecule has 106 valence electrons. The van der Waals surface area contributed by atoms with Crippen molar-refractivity contribution in [1.29, 1.82) is 0 Å². The van der Waals surface area contributed by atoms with Gasteiger partial charge in [-0.2, -0.15) is 23.5 Å². The summed E-state index contributed by atoms with van der Waals surface area (Å²) in [7, 11) is 0. The van der Waals surface area contributed by atoms with Gasteiger partial charge in [-0.05, 0) is 13.0 Å². The number of ether oxygens (including phenoxy) is 1. The first-order chi connectivity index (χ1) is 9.27. The van der Waals surface area contributed by atoms with Crippen LogP contribution in [0.2, 0.25) is 0 Å². The molecule has 2 rings (SSSR count). The fourth-order valence-electron chi connectivity index (χ4n) is 2.40. The van der Waals surface area contributed by atoms with Crippen LogP contribution in [0.1, 0.15) is 25.5 Å². The topological polar surface area (TPSA) is 47.3 Å². The average Bonchev–Trinajstić information content (AvgIpc) is 2.44. The highest BCUT2D eigenvalue weighted by Crippen LogP contribution is 2.40. The van der Waals surface area contributed by atoms with E-state index in [1.807, 2.05) is 48.6 Å². The first kappa shape index (κ1) is 15.0. The molecule has 0 radical (unpaired) electrons. The van der Waals surface area contributed by atoms with E-state index in [1.54, 1.807) is 0 Å². The predicted octanol–water partition coefficient (Wildman–Crippen LogP) is 2.83. The van der Waals surface area contributed by atoms with E-state index in [4.69, 9.17) is 10.6 Å². The minimum Gasteiger partial charge on any atom is -0.494 e. The zero-order valence-electron chi connectivity index (χ0n) is 11.5. The molecule has 1 aromatic carbocycles. The van der Waals surface area contributed by atoms with Crippen LogP contribution in [0.5, 0.6) is 5.75 Å². The molecule has 0 bridgehead atoms. The monoisotopic (exact) mass is 298 g/mol. The highest BCUT2D eigenvalue weighted by Gasteiger charge is 2.32. The Balaban J connectivity index is 2.25. The molecule has 3 unspecified atom stereocenters. The van der Waals surface area contributed by atoms with E-state index < -0.39 is 0 Å². The lowest BCUT2D eigenvalue weighted by atomic mass is 10.0. The maximum Gasteiger partial charge on any atom is 0.124 e. The molecule has 19 heavy (non-hydrogen) atoms. The van der Waals surface area contributed by atoms with Gasteiger partial charge in [0.15, 0.2) is 0 Å². The summed E-state index contributed by atoms with van der Waals surface area (Å²) >= 11 is 4.03. The van der Waals surface area contributed by atoms with E-state index in [0.717, 1.165) is 5.75 Å². The summed E-state index contributed by atoms with van der Waals surface area (Å²) in [5, 5.41) is 1.07. The number of hydrazine groups is 1. The lowest BCUT2D eigenvalue weighted by molar-refractivity contribution is 0.330. The molecule has 1 fully saturated rings. The molecule has 0 amide bonds. The molecular weight excluding hydrogens is 276 g/mol. The summed E-state index contributed by atoms with van der Waals surface area (Å²) in [5.74, 6) is 9.19. The van der Waals surface area contributed by atoms with Crippen LogP contribution < -0.4 is 16.0 Å². The van der Waals surface area contributed by atoms with Gasteiger partial charge in [0, 0.05) is 27.6 Å². The second-order valence-electron chi connectivity index (χ2n) is 4.53. The summed E-state index contributed by atoms with van der Waals surface area (Å²) in [6.07, 6.45) is 0. The summed E-state index contributed by atoms with van der Waals surface area (Å²) in [6, 6.07) is 8.33. The number of rotatable bonds is 5. The molecule has 0 aromatic heterocycles. The lowest BCUT2D eigenvalue weighted by Gasteiger charge is -2.34. The van der Waals surface area contributed by atoms with Crippen LogP contribution in [0.15, 0.2) is 24.3 Å². The molecule has 0 aliphatic carbocycles. The Kier molecular flexibility index (Phi) is 5.88. The summed E-state index contributed by atoms with van der Waals surface area (Å²) in [4.78, 5) is 0. The van der Waals surface area contributed by atoms with Crippen LogP contribution in [0.3, 0.4) is 0 Å². The third-order valence-corrected chi connectivity index (χ3v) is 6.49. The van der Waals surface area contributed by atoms with Gasteiger partial charge in [-0.15, -0.1) is 0 Å². The maximum absolute atomic E-state index is 5.83. The van der Waals surface area contributed by atoms with Crippen molar-refractivity contribution in [2.24, 2.45) is 5.84 Å². The van der Waals surface area contributed by atoms with Crippen molar-refractivity contribution in [2.45, 2.75) is 30.4 Å². The molecule has 0 spiro atoms. The van der Waals surface area contributed by atoms with Crippen molar-refractivity contribution >= 4 is 23.5 Å². The molecule has 3 nitrogen and oxygen atoms in total. The Labute approximate surface area is 124 Å². The number of hydrogen-bond donors (Lipinski definition) is 2. The largest absolute Gasteiger partial charge is 0.494 e. The Morgan fingerprint density at radius 3 is 2.79 bits per heavy atom. The van der Waals surface area contributed by atoms with Crippen LogP contribution in [-0.2, 0) is 0 Å². The fourth-order valence-corrected chi connectivity index (χ4v) is 5.32. The maximum atomic E-state index is 5.83. The normalized spacial score (nSPS) is 25.0. The molecule has 1 aromatic rings. The van der Waals surface area contributed by atoms with Gasteiger partial charge in [0.1, 0.15) is 5.75 Å². The van der Waals surface area contributed by atoms with Gasteiger partial charge in [-0.25, -0.2) is 0 Å². The van der Waals surface area contributed by atoms with Crippen molar-refractivity contribution < 1.29 is 4.74 Å². The Hall–Kier alpha value is -0.360. The van der Waals surface area contributed by atoms with E-state index in [9.17, 15) is 0 Å². The smallest absolute Gasteiger partial charge is 0.124 e. The third-order valence-electron chi connectivity index (χ3n) is 3.30. The van der Waals surface area contributed by atoms with Gasteiger partial charge in [0.05, 0.1) is 12.6 Å². The van der Waals surface area contributed by atoms with Crippen molar-refractivity contribution in [3.05, 3.63) is 29.8 Å². The van der Waals surface area contributed by atoms with Crippen molar-refractivity contribution in [1.82, 2.24) is 5.43 Å². The predicted molar refractivity (Wildman–Crippen MR) is 85.8 cm³/mol. The number of benzene rings is 1. The number of thioether (sulfide) groups is 2. The molecule has 1 aliphatic heterocycles. The average molecular weight is 298 g/mol. The molecule has 1 aliphatic rings. The Bertz CT molecular complexity index is 403. The van der Waals surface area contributed by atoms with Crippen molar-refractivity contribution in [3.8, 4) is 5.75 Å². The Morgan fingerprint density at radius 2 is 2.11 bits per heavy atom. The van der Waals surface area contributed by atoms with Crippen LogP contribution in [0.25, 0.3) is 0 Å². The minimum atomic E-state index is 0.135. The third kappa shape index (κ3) is 3.60. The van der Waals surface area contributed by atoms with Crippen LogP contribution in [0, 0.1) is 0 Å². The fraction of sp³-hybridized carbons (Fsp3) is 0.571. The quantitative estimate of drug-likeness (QED) is 0.646. The number of nitrogens with two attached hydrogens (primary N) is 1. The molecule has 3 atom stereocenters. The first-order valence-electron chi connectivity index (χ1n) is 6.69. The molecule has 3 N–H and O–H groups in total. The van der Waals surface area contributed by atoms with E-state index >= 15 is 0 Å². The molecule has 5 heteroatoms. The van der Waals surface area contributed by atoms with E-state index in [1.165, 1.54) is 17.1 Å². The summed E-state index contributed by atoms with van der Waals surface area (Å²) in [5.41, 5.74) is 4.17. The van der Waals surface area contributed by atoms with Crippen molar-refractivity contribution in [3.63, 3.8) is 0 Å². The molecule has 1 saturated heterocycles. The number of nitrogens with one attached hydrogen (secondary N) is 1. The second-order valence-corrected chi connectivity index (χ2v) is 7.30. The van der Waals surface area contributed by atoms with E-state index in [2.05, 4.69) is 18.4 Å². The van der Waals surface area contributed by atoms with E-state index in [-0.39, 0.29) is 6.04 Å². The highest BCUT2D eigenvalue weighted by atomic mass is 32.2. The van der Waals surface area contributed by atoms with E-state index in [0.29, 0.717) is 17.1 Å². The van der Waals surface area contributed by atoms with Gasteiger partial charge in [0.25, 0.3) is 0 Å². The van der Waals surface area contributed by atoms with Gasteiger partial charge in [-0.3, -0.25) is 11.3 Å². The highest BCUT2D eigenvalue weighted by molar-refractivity contribution is 8.07. The lowest BCUT2D eigenvalue weighted by Crippen LogP contribution is -2.41. The second kappa shape index (κ2) is 7.43.